The number of nitrogens with one attached hydrogen (secondary N) is 1. The third-order valence-electron chi connectivity index (χ3n) is 5.86. The first-order valence-electron chi connectivity index (χ1n) is 11.2. The van der Waals surface area contributed by atoms with Gasteiger partial charge in [-0.3, -0.25) is 4.79 Å². The smallest absolute Gasteiger partial charge is 0.234 e. The molecule has 0 radical (unpaired) electrons. The van der Waals surface area contributed by atoms with Crippen molar-refractivity contribution >= 4 is 35.0 Å². The van der Waals surface area contributed by atoms with Crippen LogP contribution in [0.4, 0.5) is 5.69 Å². The minimum absolute atomic E-state index is 0.112. The molecule has 0 saturated carbocycles. The SMILES string of the molecule is COc1ccc(-c2cc(-c3ccc(Cl)cc3)c(C#N)c(SCC(=O)Nc3cccc(C)c3C)n2)cc1. The minimum atomic E-state index is -0.165. The lowest BCUT2D eigenvalue weighted by Gasteiger charge is -2.14. The van der Waals surface area contributed by atoms with E-state index in [-0.39, 0.29) is 11.7 Å². The molecule has 0 fully saturated rings. The van der Waals surface area contributed by atoms with Crippen LogP contribution >= 0.6 is 23.4 Å². The van der Waals surface area contributed by atoms with E-state index < -0.39 is 0 Å². The molecule has 180 valence electrons. The van der Waals surface area contributed by atoms with Crippen LogP contribution in [0.25, 0.3) is 22.4 Å². The average molecular weight is 514 g/mol. The van der Waals surface area contributed by atoms with Gasteiger partial charge in [0.15, 0.2) is 0 Å². The van der Waals surface area contributed by atoms with Crippen molar-refractivity contribution in [3.63, 3.8) is 0 Å². The Balaban J connectivity index is 1.70. The quantitative estimate of drug-likeness (QED) is 0.262. The fourth-order valence-corrected chi connectivity index (χ4v) is 4.64. The highest BCUT2D eigenvalue weighted by Crippen LogP contribution is 2.35. The minimum Gasteiger partial charge on any atom is -0.497 e. The van der Waals surface area contributed by atoms with Crippen molar-refractivity contribution in [3.05, 3.63) is 94.5 Å². The molecule has 0 atom stereocenters. The maximum Gasteiger partial charge on any atom is 0.234 e. The summed E-state index contributed by atoms with van der Waals surface area (Å²) in [7, 11) is 1.62. The lowest BCUT2D eigenvalue weighted by molar-refractivity contribution is -0.113. The van der Waals surface area contributed by atoms with Crippen molar-refractivity contribution in [2.75, 3.05) is 18.2 Å². The molecule has 0 spiro atoms. The van der Waals surface area contributed by atoms with Crippen LogP contribution in [0.5, 0.6) is 5.75 Å². The Morgan fingerprint density at radius 1 is 1.06 bits per heavy atom. The van der Waals surface area contributed by atoms with Crippen LogP contribution in [0.1, 0.15) is 16.7 Å². The van der Waals surface area contributed by atoms with Gasteiger partial charge in [0.05, 0.1) is 24.1 Å². The summed E-state index contributed by atoms with van der Waals surface area (Å²) in [6.45, 7) is 3.98. The van der Waals surface area contributed by atoms with E-state index in [9.17, 15) is 10.1 Å². The number of aromatic nitrogens is 1. The van der Waals surface area contributed by atoms with Crippen LogP contribution in [-0.2, 0) is 4.79 Å². The van der Waals surface area contributed by atoms with Crippen LogP contribution in [0.2, 0.25) is 5.02 Å². The molecule has 0 unspecified atom stereocenters. The van der Waals surface area contributed by atoms with E-state index in [0.29, 0.717) is 21.3 Å². The summed E-state index contributed by atoms with van der Waals surface area (Å²) in [5, 5.41) is 14.1. The Morgan fingerprint density at radius 2 is 1.75 bits per heavy atom. The Morgan fingerprint density at radius 3 is 2.42 bits per heavy atom. The number of amides is 1. The molecule has 1 aromatic heterocycles. The van der Waals surface area contributed by atoms with Gasteiger partial charge in [-0.15, -0.1) is 0 Å². The van der Waals surface area contributed by atoms with Crippen molar-refractivity contribution in [2.24, 2.45) is 0 Å². The van der Waals surface area contributed by atoms with Crippen molar-refractivity contribution < 1.29 is 9.53 Å². The number of nitrogens with zero attached hydrogens (tertiary/aromatic N) is 2. The molecule has 0 aliphatic carbocycles. The second-order valence-electron chi connectivity index (χ2n) is 8.17. The number of pyridine rings is 1. The normalized spacial score (nSPS) is 10.5. The molecule has 0 aliphatic rings. The van der Waals surface area contributed by atoms with E-state index >= 15 is 0 Å². The molecule has 5 nitrogen and oxygen atoms in total. The number of methoxy groups -OCH3 is 1. The van der Waals surface area contributed by atoms with Gasteiger partial charge >= 0.3 is 0 Å². The number of hydrogen-bond donors (Lipinski definition) is 1. The number of carbonyl (C=O) groups is 1. The van der Waals surface area contributed by atoms with E-state index in [4.69, 9.17) is 21.3 Å². The Hall–Kier alpha value is -3.79. The fourth-order valence-electron chi connectivity index (χ4n) is 3.71. The number of aryl methyl sites for hydroxylation is 1. The maximum atomic E-state index is 12.8. The molecule has 1 N–H and O–H groups in total. The van der Waals surface area contributed by atoms with Crippen LogP contribution in [0.15, 0.2) is 77.8 Å². The van der Waals surface area contributed by atoms with Gasteiger partial charge in [-0.1, -0.05) is 47.6 Å². The number of benzene rings is 3. The van der Waals surface area contributed by atoms with Gasteiger partial charge in [0.1, 0.15) is 16.8 Å². The average Bonchev–Trinajstić information content (AvgIpc) is 2.90. The van der Waals surface area contributed by atoms with E-state index in [1.54, 1.807) is 19.2 Å². The van der Waals surface area contributed by atoms with Gasteiger partial charge in [-0.05, 0) is 79.1 Å². The van der Waals surface area contributed by atoms with Crippen molar-refractivity contribution in [1.29, 1.82) is 5.26 Å². The molecule has 0 saturated heterocycles. The first kappa shape index (κ1) is 25.3. The van der Waals surface area contributed by atoms with E-state index in [2.05, 4.69) is 11.4 Å². The zero-order valence-electron chi connectivity index (χ0n) is 20.1. The second kappa shape index (κ2) is 11.3. The molecule has 4 aromatic rings. The van der Waals surface area contributed by atoms with Crippen LogP contribution in [0, 0.1) is 25.2 Å². The zero-order chi connectivity index (χ0) is 25.7. The molecule has 0 aliphatic heterocycles. The molecule has 36 heavy (non-hydrogen) atoms. The van der Waals surface area contributed by atoms with E-state index in [1.165, 1.54) is 11.8 Å². The summed E-state index contributed by atoms with van der Waals surface area (Å²) in [6.07, 6.45) is 0. The van der Waals surface area contributed by atoms with Crippen molar-refractivity contribution in [3.8, 4) is 34.2 Å². The van der Waals surface area contributed by atoms with Crippen LogP contribution in [-0.4, -0.2) is 23.8 Å². The number of halogens is 1. The third kappa shape index (κ3) is 5.71. The first-order valence-corrected chi connectivity index (χ1v) is 12.6. The highest BCUT2D eigenvalue weighted by atomic mass is 35.5. The number of nitriles is 1. The third-order valence-corrected chi connectivity index (χ3v) is 7.09. The zero-order valence-corrected chi connectivity index (χ0v) is 21.7. The summed E-state index contributed by atoms with van der Waals surface area (Å²) in [4.78, 5) is 17.6. The predicted molar refractivity (Wildman–Crippen MR) is 147 cm³/mol. The number of rotatable bonds is 7. The lowest BCUT2D eigenvalue weighted by Crippen LogP contribution is -2.15. The maximum absolute atomic E-state index is 12.8. The van der Waals surface area contributed by atoms with Crippen LogP contribution in [0.3, 0.4) is 0 Å². The Kier molecular flexibility index (Phi) is 7.94. The Bertz CT molecular complexity index is 1450. The molecular weight excluding hydrogens is 490 g/mol. The number of thioether (sulfide) groups is 1. The van der Waals surface area contributed by atoms with Gasteiger partial charge in [-0.2, -0.15) is 5.26 Å². The summed E-state index contributed by atoms with van der Waals surface area (Å²) in [5.74, 6) is 0.687. The Labute approximate surface area is 220 Å². The van der Waals surface area contributed by atoms with Crippen molar-refractivity contribution in [2.45, 2.75) is 18.9 Å². The largest absolute Gasteiger partial charge is 0.497 e. The summed E-state index contributed by atoms with van der Waals surface area (Å²) >= 11 is 7.34. The monoisotopic (exact) mass is 513 g/mol. The number of carbonyl (C=O) groups excluding carboxylic acids is 1. The molecule has 0 bridgehead atoms. The van der Waals surface area contributed by atoms with Crippen molar-refractivity contribution in [1.82, 2.24) is 4.98 Å². The molecule has 4 rings (SSSR count). The van der Waals surface area contributed by atoms with Gasteiger partial charge in [0.2, 0.25) is 5.91 Å². The number of hydrogen-bond acceptors (Lipinski definition) is 5. The molecule has 3 aromatic carbocycles. The van der Waals surface area contributed by atoms with Gasteiger partial charge < -0.3 is 10.1 Å². The van der Waals surface area contributed by atoms with E-state index in [0.717, 1.165) is 39.3 Å². The molecule has 1 amide bonds. The number of anilines is 1. The summed E-state index contributed by atoms with van der Waals surface area (Å²) in [6, 6.07) is 24.9. The molecular formula is C29H24ClN3O2S. The first-order chi connectivity index (χ1) is 17.4. The predicted octanol–water partition coefficient (Wildman–Crippen LogP) is 7.30. The topological polar surface area (TPSA) is 75.0 Å². The number of ether oxygens (including phenoxy) is 1. The standard InChI is InChI=1S/C29H24ClN3O2S/c1-18-5-4-6-26(19(18)2)32-28(34)17-36-29-25(16-31)24(20-7-11-22(30)12-8-20)15-27(33-29)21-9-13-23(35-3)14-10-21/h4-15H,17H2,1-3H3,(H,32,34). The fraction of sp³-hybridized carbons (Fsp3) is 0.138. The summed E-state index contributed by atoms with van der Waals surface area (Å²) in [5.41, 5.74) is 6.47. The molecule has 1 heterocycles. The highest BCUT2D eigenvalue weighted by Gasteiger charge is 2.17. The van der Waals surface area contributed by atoms with Gasteiger partial charge in [0, 0.05) is 21.8 Å². The lowest BCUT2D eigenvalue weighted by atomic mass is 9.99. The second-order valence-corrected chi connectivity index (χ2v) is 9.57. The molecule has 7 heteroatoms. The van der Waals surface area contributed by atoms with Crippen LogP contribution < -0.4 is 10.1 Å². The van der Waals surface area contributed by atoms with Gasteiger partial charge in [0.25, 0.3) is 0 Å². The summed E-state index contributed by atoms with van der Waals surface area (Å²) < 4.78 is 5.27. The highest BCUT2D eigenvalue weighted by molar-refractivity contribution is 8.00. The van der Waals surface area contributed by atoms with Gasteiger partial charge in [-0.25, -0.2) is 4.98 Å². The van der Waals surface area contributed by atoms with E-state index in [1.807, 2.05) is 74.5 Å².